The fourth-order valence-electron chi connectivity index (χ4n) is 8.58. The number of nitrogens with zero attached hydrogens (tertiary/aromatic N) is 4. The highest BCUT2D eigenvalue weighted by atomic mass is 16.5. The normalized spacial score (nSPS) is 22.8. The Morgan fingerprint density at radius 3 is 2.49 bits per heavy atom. The first kappa shape index (κ1) is 30.9. The number of imidazole rings is 2. The van der Waals surface area contributed by atoms with Crippen molar-refractivity contribution in [2.45, 2.75) is 97.0 Å². The van der Waals surface area contributed by atoms with Crippen molar-refractivity contribution in [3.63, 3.8) is 0 Å². The van der Waals surface area contributed by atoms with Gasteiger partial charge in [0.15, 0.2) is 0 Å². The number of ether oxygens (including phenoxy) is 3. The fraction of sp³-hybridized carbons (Fsp3) is 0.455. The molecule has 5 atom stereocenters. The molecule has 5 heterocycles. The molecule has 0 spiro atoms. The maximum Gasteiger partial charge on any atom is 0.407 e. The van der Waals surface area contributed by atoms with E-state index in [1.807, 2.05) is 61.6 Å². The van der Waals surface area contributed by atoms with E-state index in [0.717, 1.165) is 57.2 Å². The number of aromatic nitrogens is 4. The first-order chi connectivity index (χ1) is 31.5. The van der Waals surface area contributed by atoms with E-state index in [2.05, 4.69) is 20.0 Å². The molecule has 0 bridgehead atoms. The summed E-state index contributed by atoms with van der Waals surface area (Å²) in [6, 6.07) is 7.53. The van der Waals surface area contributed by atoms with Gasteiger partial charge in [0.05, 0.1) is 50.6 Å². The fourth-order valence-corrected chi connectivity index (χ4v) is 8.58. The summed E-state index contributed by atoms with van der Waals surface area (Å²) < 4.78 is 82.0. The van der Waals surface area contributed by atoms with Crippen molar-refractivity contribution in [1.29, 1.82) is 0 Å². The van der Waals surface area contributed by atoms with Crippen LogP contribution in [-0.2, 0) is 25.7 Å². The second-order valence-electron chi connectivity index (χ2n) is 15.6. The number of nitrogens with one attached hydrogen (secondary N) is 4. The molecular weight excluding hydrogens is 753 g/mol. The van der Waals surface area contributed by atoms with Gasteiger partial charge in [0.1, 0.15) is 36.1 Å². The van der Waals surface area contributed by atoms with Crippen molar-refractivity contribution in [2.24, 2.45) is 11.8 Å². The van der Waals surface area contributed by atoms with Crippen LogP contribution in [0.25, 0.3) is 44.2 Å². The SMILES string of the molecule is [2H]C([2H])([2H])C([2H])(C([2H])([2H])[2H])[C@]([2H])(NC(=O)OC)C(=O)N1[C@@H](C)CC[C@H]1c1nc2c(ccc3cc4c(cc32)OCc2cc(-c3cnc([C@@H]5CCCN5C(=O)[C@@H](NC(=O)OC)C(C)C)[nH]3)ccc2-4)[nH]1. The molecule has 4 amide bonds. The minimum atomic E-state index is -3.82. The summed E-state index contributed by atoms with van der Waals surface area (Å²) in [5.74, 6) is -4.03. The minimum Gasteiger partial charge on any atom is -0.488 e. The molecule has 3 aromatic carbocycles. The van der Waals surface area contributed by atoms with Crippen molar-refractivity contribution in [1.82, 2.24) is 40.4 Å². The Morgan fingerprint density at radius 2 is 1.73 bits per heavy atom. The van der Waals surface area contributed by atoms with Gasteiger partial charge in [-0.3, -0.25) is 9.59 Å². The van der Waals surface area contributed by atoms with Gasteiger partial charge in [-0.15, -0.1) is 0 Å². The van der Waals surface area contributed by atoms with Gasteiger partial charge < -0.3 is 44.6 Å². The van der Waals surface area contributed by atoms with Gasteiger partial charge in [-0.25, -0.2) is 19.6 Å². The zero-order valence-corrected chi connectivity index (χ0v) is 33.4. The lowest BCUT2D eigenvalue weighted by molar-refractivity contribution is -0.137. The highest BCUT2D eigenvalue weighted by Crippen LogP contribution is 2.44. The zero-order valence-electron chi connectivity index (χ0n) is 41.4. The highest BCUT2D eigenvalue weighted by molar-refractivity contribution is 6.07. The molecule has 0 saturated carbocycles. The predicted molar refractivity (Wildman–Crippen MR) is 221 cm³/mol. The van der Waals surface area contributed by atoms with E-state index in [9.17, 15) is 19.2 Å². The van der Waals surface area contributed by atoms with Crippen LogP contribution >= 0.6 is 0 Å². The van der Waals surface area contributed by atoms with Crippen LogP contribution in [0.1, 0.15) is 100 Å². The lowest BCUT2D eigenvalue weighted by Gasteiger charge is -2.32. The monoisotopic (exact) mass is 812 g/mol. The number of likely N-dealkylation sites (tertiary alicyclic amines) is 2. The quantitative estimate of drug-likeness (QED) is 0.120. The van der Waals surface area contributed by atoms with Gasteiger partial charge in [0.25, 0.3) is 0 Å². The van der Waals surface area contributed by atoms with Crippen LogP contribution in [0.4, 0.5) is 9.59 Å². The van der Waals surface area contributed by atoms with Gasteiger partial charge in [-0.1, -0.05) is 45.8 Å². The Kier molecular flexibility index (Phi) is 8.33. The first-order valence-electron chi connectivity index (χ1n) is 23.6. The number of H-pyrrole nitrogens is 2. The van der Waals surface area contributed by atoms with Gasteiger partial charge in [-0.05, 0) is 90.8 Å². The smallest absolute Gasteiger partial charge is 0.407 e. The molecule has 2 saturated heterocycles. The number of carbonyl (C=O) groups excluding carboxylic acids is 4. The van der Waals surface area contributed by atoms with Crippen molar-refractivity contribution in [2.75, 3.05) is 20.8 Å². The van der Waals surface area contributed by atoms with Crippen LogP contribution < -0.4 is 15.4 Å². The van der Waals surface area contributed by atoms with E-state index in [-0.39, 0.29) is 36.7 Å². The maximum absolute atomic E-state index is 14.6. The Morgan fingerprint density at radius 1 is 0.932 bits per heavy atom. The molecule has 0 radical (unpaired) electrons. The maximum atomic E-state index is 14.6. The van der Waals surface area contributed by atoms with Gasteiger partial charge in [-0.2, -0.15) is 0 Å². The number of benzene rings is 3. The van der Waals surface area contributed by atoms with E-state index in [0.29, 0.717) is 42.0 Å². The molecule has 0 unspecified atom stereocenters. The largest absolute Gasteiger partial charge is 0.488 e. The molecule has 310 valence electrons. The molecule has 59 heavy (non-hydrogen) atoms. The van der Waals surface area contributed by atoms with E-state index in [1.165, 1.54) is 7.11 Å². The molecule has 8 rings (SSSR count). The summed E-state index contributed by atoms with van der Waals surface area (Å²) in [5, 5.41) is 6.06. The van der Waals surface area contributed by atoms with Crippen LogP contribution in [0.3, 0.4) is 0 Å². The molecule has 3 aliphatic heterocycles. The Labute approximate surface area is 353 Å². The standard InChI is InChI=1S/C44H52N8O7/c1-22(2)36(49-43(55)57-6)41(53)51-16-8-9-33(51)39-45-20-32(47-39)26-11-13-28-27(17-26)21-59-35-19-29-25(18-30(28)35)12-14-31-38(29)48-40(46-31)34-15-10-24(5)52(34)42(54)37(23(3)4)50-44(56)58-7/h11-14,17-20,22-24,33-34,36-37H,8-10,15-16,21H2,1-7H3,(H,45,47)(H,46,48)(H,49,55)(H,50,56)/t24-,33-,34-,36-,37-/m0/s1/i3D3,4D3,23D,37D. The third-order valence-corrected chi connectivity index (χ3v) is 11.6. The Bertz CT molecular complexity index is 2760. The number of carbonyl (C=O) groups is 4. The van der Waals surface area contributed by atoms with E-state index >= 15 is 0 Å². The second kappa shape index (κ2) is 15.9. The lowest BCUT2D eigenvalue weighted by atomic mass is 9.92. The summed E-state index contributed by atoms with van der Waals surface area (Å²) >= 11 is 0. The summed E-state index contributed by atoms with van der Waals surface area (Å²) in [6.07, 6.45) is 1.78. The second-order valence-corrected chi connectivity index (χ2v) is 15.6. The first-order valence-corrected chi connectivity index (χ1v) is 19.6. The molecular formula is C44H52N8O7. The summed E-state index contributed by atoms with van der Waals surface area (Å²) in [7, 11) is 2.17. The van der Waals surface area contributed by atoms with Gasteiger partial charge >= 0.3 is 12.2 Å². The van der Waals surface area contributed by atoms with E-state index in [1.54, 1.807) is 18.0 Å². The summed E-state index contributed by atoms with van der Waals surface area (Å²) in [4.78, 5) is 72.1. The van der Waals surface area contributed by atoms with Gasteiger partial charge in [0, 0.05) is 33.1 Å². The van der Waals surface area contributed by atoms with Crippen molar-refractivity contribution < 1.29 is 44.4 Å². The number of rotatable bonds is 9. The van der Waals surface area contributed by atoms with Gasteiger partial charge in [0.2, 0.25) is 11.8 Å². The molecule has 15 nitrogen and oxygen atoms in total. The highest BCUT2D eigenvalue weighted by Gasteiger charge is 2.42. The average Bonchev–Trinajstić information content (AvgIpc) is 4.12. The van der Waals surface area contributed by atoms with E-state index < -0.39 is 61.8 Å². The predicted octanol–water partition coefficient (Wildman–Crippen LogP) is 7.14. The molecule has 15 heteroatoms. The number of aromatic amines is 2. The van der Waals surface area contributed by atoms with Crippen molar-refractivity contribution in [3.8, 4) is 28.1 Å². The molecule has 2 aromatic heterocycles. The average molecular weight is 813 g/mol. The number of hydrogen-bond acceptors (Lipinski definition) is 9. The summed E-state index contributed by atoms with van der Waals surface area (Å²) in [5.41, 5.74) is 5.54. The van der Waals surface area contributed by atoms with Crippen LogP contribution in [0.15, 0.2) is 48.7 Å². The van der Waals surface area contributed by atoms with Crippen molar-refractivity contribution in [3.05, 3.63) is 65.9 Å². The van der Waals surface area contributed by atoms with Crippen LogP contribution in [-0.4, -0.2) is 92.6 Å². The topological polar surface area (TPSA) is 184 Å². The minimum absolute atomic E-state index is 0.159. The van der Waals surface area contributed by atoms with Crippen LogP contribution in [0.5, 0.6) is 5.75 Å². The molecule has 2 fully saturated rings. The Hall–Kier alpha value is -6.12. The number of methoxy groups -OCH3 is 2. The van der Waals surface area contributed by atoms with Crippen molar-refractivity contribution >= 4 is 45.8 Å². The molecule has 0 aliphatic carbocycles. The summed E-state index contributed by atoms with van der Waals surface area (Å²) in [6.45, 7) is -1.31. The molecule has 5 aromatic rings. The lowest BCUT2D eigenvalue weighted by Crippen LogP contribution is -2.52. The number of fused-ring (bicyclic) bond motifs is 6. The van der Waals surface area contributed by atoms with Crippen LogP contribution in [0, 0.1) is 11.8 Å². The zero-order chi connectivity index (χ0) is 48.5. The number of amides is 4. The molecule has 3 aliphatic rings. The van der Waals surface area contributed by atoms with Crippen LogP contribution in [0.2, 0.25) is 0 Å². The Balaban J connectivity index is 1.07. The third kappa shape index (κ3) is 7.31. The number of alkyl carbamates (subject to hydrolysis) is 2. The van der Waals surface area contributed by atoms with E-state index in [4.69, 9.17) is 30.4 Å². The molecule has 4 N–H and O–H groups in total. The number of hydrogen-bond donors (Lipinski definition) is 4. The third-order valence-electron chi connectivity index (χ3n) is 11.6.